The Morgan fingerprint density at radius 2 is 2.00 bits per heavy atom. The van der Waals surface area contributed by atoms with Crippen molar-refractivity contribution in [3.8, 4) is 11.6 Å². The van der Waals surface area contributed by atoms with Crippen molar-refractivity contribution in [1.29, 1.82) is 0 Å². The quantitative estimate of drug-likeness (QED) is 0.869. The van der Waals surface area contributed by atoms with Crippen LogP contribution in [0.5, 0.6) is 11.6 Å². The van der Waals surface area contributed by atoms with E-state index in [-0.39, 0.29) is 0 Å². The number of pyridine rings is 1. The summed E-state index contributed by atoms with van der Waals surface area (Å²) >= 11 is 2.20. The normalized spacial score (nSPS) is 12.2. The second kappa shape index (κ2) is 5.46. The lowest BCUT2D eigenvalue weighted by molar-refractivity contribution is 0.194. The molecule has 0 spiro atoms. The van der Waals surface area contributed by atoms with Gasteiger partial charge < -0.3 is 9.84 Å². The molecule has 1 heterocycles. The van der Waals surface area contributed by atoms with Gasteiger partial charge in [-0.25, -0.2) is 4.98 Å². The van der Waals surface area contributed by atoms with Gasteiger partial charge in [0.2, 0.25) is 5.88 Å². The van der Waals surface area contributed by atoms with Crippen LogP contribution in [0.3, 0.4) is 0 Å². The number of halogens is 1. The highest BCUT2D eigenvalue weighted by Crippen LogP contribution is 2.29. The van der Waals surface area contributed by atoms with Crippen LogP contribution < -0.4 is 4.74 Å². The summed E-state index contributed by atoms with van der Waals surface area (Å²) in [5, 5.41) is 9.63. The number of rotatable bonds is 3. The lowest BCUT2D eigenvalue weighted by Crippen LogP contribution is -1.98. The average Bonchev–Trinajstić information content (AvgIpc) is 2.32. The summed E-state index contributed by atoms with van der Waals surface area (Å²) in [5.41, 5.74) is 0.687. The SMILES string of the molecule is C[C@@H](O)c1cccnc1Oc1ccccc1I. The van der Waals surface area contributed by atoms with Crippen molar-refractivity contribution in [2.45, 2.75) is 13.0 Å². The lowest BCUT2D eigenvalue weighted by Gasteiger charge is -2.12. The highest BCUT2D eigenvalue weighted by molar-refractivity contribution is 14.1. The molecule has 17 heavy (non-hydrogen) atoms. The van der Waals surface area contributed by atoms with Crippen LogP contribution in [0.15, 0.2) is 42.6 Å². The molecule has 1 aromatic carbocycles. The van der Waals surface area contributed by atoms with Crippen LogP contribution in [-0.4, -0.2) is 10.1 Å². The van der Waals surface area contributed by atoms with Gasteiger partial charge in [0.15, 0.2) is 0 Å². The first-order valence-corrected chi connectivity index (χ1v) is 6.31. The Bertz CT molecular complexity index is 514. The molecule has 4 heteroatoms. The first kappa shape index (κ1) is 12.3. The molecule has 1 atom stereocenters. The van der Waals surface area contributed by atoms with Crippen LogP contribution in [0.2, 0.25) is 0 Å². The van der Waals surface area contributed by atoms with E-state index in [0.29, 0.717) is 11.4 Å². The maximum absolute atomic E-state index is 9.63. The van der Waals surface area contributed by atoms with E-state index in [9.17, 15) is 5.11 Å². The zero-order valence-corrected chi connectivity index (χ0v) is 11.5. The molecule has 0 unspecified atom stereocenters. The molecule has 0 fully saturated rings. The fraction of sp³-hybridized carbons (Fsp3) is 0.154. The van der Waals surface area contributed by atoms with Crippen molar-refractivity contribution >= 4 is 22.6 Å². The maximum Gasteiger partial charge on any atom is 0.225 e. The second-order valence-electron chi connectivity index (χ2n) is 3.61. The molecule has 0 bridgehead atoms. The number of hydrogen-bond acceptors (Lipinski definition) is 3. The van der Waals surface area contributed by atoms with Gasteiger partial charge in [0.25, 0.3) is 0 Å². The van der Waals surface area contributed by atoms with Gasteiger partial charge in [0, 0.05) is 11.8 Å². The van der Waals surface area contributed by atoms with E-state index in [2.05, 4.69) is 27.6 Å². The Balaban J connectivity index is 2.34. The molecule has 2 aromatic rings. The van der Waals surface area contributed by atoms with Crippen molar-refractivity contribution < 1.29 is 9.84 Å². The molecular formula is C13H12INO2. The number of para-hydroxylation sites is 1. The number of aromatic nitrogens is 1. The summed E-state index contributed by atoms with van der Waals surface area (Å²) < 4.78 is 6.73. The number of nitrogens with zero attached hydrogens (tertiary/aromatic N) is 1. The molecule has 0 saturated carbocycles. The maximum atomic E-state index is 9.63. The molecule has 0 radical (unpaired) electrons. The van der Waals surface area contributed by atoms with Gasteiger partial charge >= 0.3 is 0 Å². The van der Waals surface area contributed by atoms with Crippen LogP contribution in [0.1, 0.15) is 18.6 Å². The van der Waals surface area contributed by atoms with Crippen molar-refractivity contribution in [2.24, 2.45) is 0 Å². The topological polar surface area (TPSA) is 42.4 Å². The standard InChI is InChI=1S/C13H12INO2/c1-9(16)10-5-4-8-15-13(10)17-12-7-3-2-6-11(12)14/h2-9,16H,1H3/t9-/m1/s1. The Morgan fingerprint density at radius 3 is 2.71 bits per heavy atom. The molecule has 0 amide bonds. The van der Waals surface area contributed by atoms with E-state index >= 15 is 0 Å². The molecule has 1 N–H and O–H groups in total. The molecule has 0 aliphatic carbocycles. The summed E-state index contributed by atoms with van der Waals surface area (Å²) in [6.45, 7) is 1.69. The number of aliphatic hydroxyl groups is 1. The van der Waals surface area contributed by atoms with Crippen molar-refractivity contribution in [3.63, 3.8) is 0 Å². The molecule has 1 aromatic heterocycles. The van der Waals surface area contributed by atoms with Crippen LogP contribution in [0.4, 0.5) is 0 Å². The Hall–Kier alpha value is -1.14. The molecule has 0 aliphatic rings. The minimum Gasteiger partial charge on any atom is -0.438 e. The fourth-order valence-corrected chi connectivity index (χ4v) is 1.94. The summed E-state index contributed by atoms with van der Waals surface area (Å²) in [6.07, 6.45) is 1.05. The minimum absolute atomic E-state index is 0.451. The number of benzene rings is 1. The van der Waals surface area contributed by atoms with Gasteiger partial charge in [-0.3, -0.25) is 0 Å². The predicted octanol–water partition coefficient (Wildman–Crippen LogP) is 3.53. The van der Waals surface area contributed by atoms with E-state index in [1.165, 1.54) is 0 Å². The monoisotopic (exact) mass is 341 g/mol. The van der Waals surface area contributed by atoms with E-state index in [1.807, 2.05) is 30.3 Å². The number of hydrogen-bond donors (Lipinski definition) is 1. The van der Waals surface area contributed by atoms with Crippen molar-refractivity contribution in [2.75, 3.05) is 0 Å². The van der Waals surface area contributed by atoms with Gasteiger partial charge in [-0.05, 0) is 53.8 Å². The van der Waals surface area contributed by atoms with Gasteiger partial charge in [0.05, 0.1) is 9.67 Å². The summed E-state index contributed by atoms with van der Waals surface area (Å²) in [6, 6.07) is 11.3. The zero-order valence-electron chi connectivity index (χ0n) is 9.30. The first-order chi connectivity index (χ1) is 8.18. The summed E-state index contributed by atoms with van der Waals surface area (Å²) in [7, 11) is 0. The minimum atomic E-state index is -0.597. The molecule has 0 aliphatic heterocycles. The van der Waals surface area contributed by atoms with E-state index in [1.54, 1.807) is 19.2 Å². The van der Waals surface area contributed by atoms with E-state index in [4.69, 9.17) is 4.74 Å². The predicted molar refractivity (Wildman–Crippen MR) is 74.1 cm³/mol. The third-order valence-corrected chi connectivity index (χ3v) is 3.19. The molecule has 88 valence electrons. The van der Waals surface area contributed by atoms with Gasteiger partial charge in [-0.1, -0.05) is 12.1 Å². The molecule has 0 saturated heterocycles. The van der Waals surface area contributed by atoms with Crippen LogP contribution >= 0.6 is 22.6 Å². The number of ether oxygens (including phenoxy) is 1. The van der Waals surface area contributed by atoms with E-state index in [0.717, 1.165) is 9.32 Å². The smallest absolute Gasteiger partial charge is 0.225 e. The summed E-state index contributed by atoms with van der Waals surface area (Å²) in [4.78, 5) is 4.15. The average molecular weight is 341 g/mol. The highest BCUT2D eigenvalue weighted by Gasteiger charge is 2.11. The number of aliphatic hydroxyl groups excluding tert-OH is 1. The first-order valence-electron chi connectivity index (χ1n) is 5.24. The van der Waals surface area contributed by atoms with E-state index < -0.39 is 6.10 Å². The third kappa shape index (κ3) is 2.95. The van der Waals surface area contributed by atoms with Gasteiger partial charge in [-0.15, -0.1) is 0 Å². The van der Waals surface area contributed by atoms with Gasteiger partial charge in [-0.2, -0.15) is 0 Å². The van der Waals surface area contributed by atoms with Gasteiger partial charge in [0.1, 0.15) is 5.75 Å². The van der Waals surface area contributed by atoms with Crippen LogP contribution in [0.25, 0.3) is 0 Å². The zero-order chi connectivity index (χ0) is 12.3. The van der Waals surface area contributed by atoms with Crippen LogP contribution in [0, 0.1) is 3.57 Å². The molecule has 3 nitrogen and oxygen atoms in total. The van der Waals surface area contributed by atoms with Crippen LogP contribution in [-0.2, 0) is 0 Å². The fourth-order valence-electron chi connectivity index (χ4n) is 1.44. The molecule has 2 rings (SSSR count). The highest BCUT2D eigenvalue weighted by atomic mass is 127. The summed E-state index contributed by atoms with van der Waals surface area (Å²) in [5.74, 6) is 1.19. The van der Waals surface area contributed by atoms with Crippen molar-refractivity contribution in [1.82, 2.24) is 4.98 Å². The Kier molecular flexibility index (Phi) is 3.96. The third-order valence-electron chi connectivity index (χ3n) is 2.29. The molecular weight excluding hydrogens is 329 g/mol. The Morgan fingerprint density at radius 1 is 1.24 bits per heavy atom. The lowest BCUT2D eigenvalue weighted by atomic mass is 10.2. The largest absolute Gasteiger partial charge is 0.438 e. The second-order valence-corrected chi connectivity index (χ2v) is 4.77. The van der Waals surface area contributed by atoms with Crippen molar-refractivity contribution in [3.05, 3.63) is 51.7 Å². The Labute approximate surface area is 114 Å².